The molecule has 0 aromatic heterocycles. The number of benzene rings is 2. The second kappa shape index (κ2) is 9.96. The Bertz CT molecular complexity index is 1010. The third kappa shape index (κ3) is 5.06. The molecule has 5 rings (SSSR count). The summed E-state index contributed by atoms with van der Waals surface area (Å²) < 4.78 is 5.68. The maximum atomic E-state index is 13.3. The summed E-state index contributed by atoms with van der Waals surface area (Å²) in [6.07, 6.45) is 7.19. The van der Waals surface area contributed by atoms with Crippen LogP contribution in [0.2, 0.25) is 0 Å². The van der Waals surface area contributed by atoms with Crippen molar-refractivity contribution >= 4 is 23.2 Å². The van der Waals surface area contributed by atoms with E-state index in [0.29, 0.717) is 17.8 Å². The van der Waals surface area contributed by atoms with Gasteiger partial charge in [0.2, 0.25) is 5.91 Å². The Kier molecular flexibility index (Phi) is 6.63. The van der Waals surface area contributed by atoms with E-state index in [2.05, 4.69) is 39.8 Å². The number of hydrogen-bond acceptors (Lipinski definition) is 4. The van der Waals surface area contributed by atoms with Gasteiger partial charge in [-0.15, -0.1) is 0 Å². The predicted molar refractivity (Wildman–Crippen MR) is 130 cm³/mol. The van der Waals surface area contributed by atoms with Crippen LogP contribution in [0, 0.1) is 5.92 Å². The maximum Gasteiger partial charge on any atom is 0.253 e. The number of carbonyl (C=O) groups excluding carboxylic acids is 2. The largest absolute Gasteiger partial charge is 0.376 e. The Balaban J connectivity index is 1.37. The molecule has 1 atom stereocenters. The Hall–Kier alpha value is -2.86. The highest BCUT2D eigenvalue weighted by molar-refractivity contribution is 6.02. The van der Waals surface area contributed by atoms with E-state index < -0.39 is 0 Å². The molecule has 1 saturated heterocycles. The number of hydrogen-bond donors (Lipinski definition) is 2. The van der Waals surface area contributed by atoms with Gasteiger partial charge in [-0.05, 0) is 61.4 Å². The zero-order valence-corrected chi connectivity index (χ0v) is 19.1. The van der Waals surface area contributed by atoms with Crippen molar-refractivity contribution in [3.63, 3.8) is 0 Å². The lowest BCUT2D eigenvalue weighted by molar-refractivity contribution is -0.119. The van der Waals surface area contributed by atoms with Crippen LogP contribution in [0.3, 0.4) is 0 Å². The first-order valence-corrected chi connectivity index (χ1v) is 12.3. The van der Waals surface area contributed by atoms with Crippen molar-refractivity contribution in [3.8, 4) is 0 Å². The molecule has 0 bridgehead atoms. The molecule has 3 aliphatic rings. The van der Waals surface area contributed by atoms with Crippen LogP contribution in [0.1, 0.15) is 60.0 Å². The molecule has 33 heavy (non-hydrogen) atoms. The van der Waals surface area contributed by atoms with E-state index in [1.54, 1.807) is 0 Å². The number of amides is 2. The van der Waals surface area contributed by atoms with Gasteiger partial charge in [0.1, 0.15) is 0 Å². The van der Waals surface area contributed by atoms with Gasteiger partial charge in [0.25, 0.3) is 5.91 Å². The van der Waals surface area contributed by atoms with E-state index in [4.69, 9.17) is 4.74 Å². The molecule has 1 unspecified atom stereocenters. The lowest BCUT2D eigenvalue weighted by atomic mass is 9.98. The van der Waals surface area contributed by atoms with E-state index in [0.717, 1.165) is 70.3 Å². The zero-order chi connectivity index (χ0) is 22.6. The molecule has 2 aliphatic heterocycles. The molecule has 2 heterocycles. The number of nitrogens with zero attached hydrogens (tertiary/aromatic N) is 1. The van der Waals surface area contributed by atoms with Crippen LogP contribution >= 0.6 is 0 Å². The lowest BCUT2D eigenvalue weighted by Crippen LogP contribution is -2.35. The summed E-state index contributed by atoms with van der Waals surface area (Å²) >= 11 is 0. The van der Waals surface area contributed by atoms with Crippen molar-refractivity contribution in [1.29, 1.82) is 0 Å². The Labute approximate surface area is 195 Å². The van der Waals surface area contributed by atoms with Gasteiger partial charge in [-0.3, -0.25) is 9.59 Å². The molecule has 1 saturated carbocycles. The summed E-state index contributed by atoms with van der Waals surface area (Å²) in [4.78, 5) is 28.2. The van der Waals surface area contributed by atoms with Crippen molar-refractivity contribution in [2.24, 2.45) is 5.92 Å². The Morgan fingerprint density at radius 3 is 2.61 bits per heavy atom. The number of nitrogens with one attached hydrogen (secondary N) is 2. The van der Waals surface area contributed by atoms with E-state index in [1.165, 1.54) is 11.1 Å². The van der Waals surface area contributed by atoms with E-state index >= 15 is 0 Å². The second-order valence-electron chi connectivity index (χ2n) is 9.49. The average Bonchev–Trinajstić information content (AvgIpc) is 3.57. The molecular weight excluding hydrogens is 414 g/mol. The smallest absolute Gasteiger partial charge is 0.253 e. The zero-order valence-electron chi connectivity index (χ0n) is 19.1. The molecule has 174 valence electrons. The first-order valence-electron chi connectivity index (χ1n) is 12.3. The third-order valence-corrected chi connectivity index (χ3v) is 7.22. The molecule has 2 fully saturated rings. The van der Waals surface area contributed by atoms with Crippen LogP contribution in [0.4, 0.5) is 11.4 Å². The Morgan fingerprint density at radius 1 is 1.00 bits per heavy atom. The highest BCUT2D eigenvalue weighted by Gasteiger charge is 2.25. The number of carbonyl (C=O) groups is 2. The van der Waals surface area contributed by atoms with Gasteiger partial charge in [0.15, 0.2) is 0 Å². The highest BCUT2D eigenvalue weighted by Crippen LogP contribution is 2.31. The van der Waals surface area contributed by atoms with Crippen LogP contribution in [-0.2, 0) is 22.5 Å². The number of anilines is 2. The summed E-state index contributed by atoms with van der Waals surface area (Å²) in [6, 6.07) is 14.3. The molecule has 2 aromatic rings. The number of fused-ring (bicyclic) bond motifs is 1. The third-order valence-electron chi connectivity index (χ3n) is 7.22. The first-order chi connectivity index (χ1) is 16.2. The molecule has 2 N–H and O–H groups in total. The summed E-state index contributed by atoms with van der Waals surface area (Å²) in [5.41, 5.74) is 4.88. The van der Waals surface area contributed by atoms with Crippen LogP contribution in [0.15, 0.2) is 42.5 Å². The molecule has 0 radical (unpaired) electrons. The van der Waals surface area contributed by atoms with Gasteiger partial charge in [0, 0.05) is 43.5 Å². The van der Waals surface area contributed by atoms with Crippen LogP contribution < -0.4 is 15.5 Å². The summed E-state index contributed by atoms with van der Waals surface area (Å²) in [5.74, 6) is 0.0363. The SMILES string of the molecule is O=C(NCC1CCCO1)c1cc(NC(=O)C2CCCC2)ccc1N1CCc2ccccc2C1. The predicted octanol–water partition coefficient (Wildman–Crippen LogP) is 4.29. The van der Waals surface area contributed by atoms with Gasteiger partial charge in [0.05, 0.1) is 11.7 Å². The molecule has 2 aromatic carbocycles. The molecule has 6 nitrogen and oxygen atoms in total. The lowest BCUT2D eigenvalue weighted by Gasteiger charge is -2.32. The van der Waals surface area contributed by atoms with Gasteiger partial charge < -0.3 is 20.3 Å². The second-order valence-corrected chi connectivity index (χ2v) is 9.49. The van der Waals surface area contributed by atoms with Gasteiger partial charge in [-0.1, -0.05) is 37.1 Å². The summed E-state index contributed by atoms with van der Waals surface area (Å²) in [5, 5.41) is 6.13. The molecular formula is C27H33N3O3. The van der Waals surface area contributed by atoms with Crippen molar-refractivity contribution < 1.29 is 14.3 Å². The fourth-order valence-corrected chi connectivity index (χ4v) is 5.31. The van der Waals surface area contributed by atoms with Crippen LogP contribution in [-0.4, -0.2) is 37.6 Å². The minimum Gasteiger partial charge on any atom is -0.376 e. The molecule has 6 heteroatoms. The van der Waals surface area contributed by atoms with Crippen molar-refractivity contribution in [2.45, 2.75) is 57.6 Å². The number of ether oxygens (including phenoxy) is 1. The molecule has 0 spiro atoms. The highest BCUT2D eigenvalue weighted by atomic mass is 16.5. The fourth-order valence-electron chi connectivity index (χ4n) is 5.31. The monoisotopic (exact) mass is 447 g/mol. The van der Waals surface area contributed by atoms with E-state index in [-0.39, 0.29) is 23.8 Å². The molecule has 1 aliphatic carbocycles. The van der Waals surface area contributed by atoms with Gasteiger partial charge in [-0.25, -0.2) is 0 Å². The summed E-state index contributed by atoms with van der Waals surface area (Å²) in [7, 11) is 0. The van der Waals surface area contributed by atoms with Crippen molar-refractivity contribution in [3.05, 3.63) is 59.2 Å². The average molecular weight is 448 g/mol. The fraction of sp³-hybridized carbons (Fsp3) is 0.481. The van der Waals surface area contributed by atoms with Gasteiger partial charge in [-0.2, -0.15) is 0 Å². The van der Waals surface area contributed by atoms with Crippen LogP contribution in [0.25, 0.3) is 0 Å². The minimum atomic E-state index is -0.115. The van der Waals surface area contributed by atoms with Crippen molar-refractivity contribution in [1.82, 2.24) is 5.32 Å². The topological polar surface area (TPSA) is 70.7 Å². The van der Waals surface area contributed by atoms with E-state index in [1.807, 2.05) is 18.2 Å². The molecule has 2 amide bonds. The minimum absolute atomic E-state index is 0.0675. The van der Waals surface area contributed by atoms with E-state index in [9.17, 15) is 9.59 Å². The first kappa shape index (κ1) is 22.0. The quantitative estimate of drug-likeness (QED) is 0.693. The standard InChI is InChI=1S/C27H33N3O3/c31-26(20-7-2-3-8-20)29-22-11-12-25(30-14-13-19-6-1-4-9-21(19)18-30)24(16-22)27(32)28-17-23-10-5-15-33-23/h1,4,6,9,11-12,16,20,23H,2-3,5,7-8,10,13-15,17-18H2,(H,28,32)(H,29,31). The van der Waals surface area contributed by atoms with Crippen LogP contribution in [0.5, 0.6) is 0 Å². The maximum absolute atomic E-state index is 13.3. The number of rotatable bonds is 6. The Morgan fingerprint density at radius 2 is 1.82 bits per heavy atom. The summed E-state index contributed by atoms with van der Waals surface area (Å²) in [6.45, 7) is 2.91. The van der Waals surface area contributed by atoms with Crippen molar-refractivity contribution in [2.75, 3.05) is 29.9 Å². The van der Waals surface area contributed by atoms with Gasteiger partial charge >= 0.3 is 0 Å². The normalized spacial score (nSPS) is 20.5.